The van der Waals surface area contributed by atoms with Gasteiger partial charge in [-0.15, -0.1) is 0 Å². The van der Waals surface area contributed by atoms with Crippen LogP contribution in [0.1, 0.15) is 24.2 Å². The maximum atomic E-state index is 13.0. The Hall–Kier alpha value is -2.44. The van der Waals surface area contributed by atoms with E-state index in [1.54, 1.807) is 36.4 Å². The molecular formula is C22H27FN2O3. The summed E-state index contributed by atoms with van der Waals surface area (Å²) in [5, 5.41) is 3.05. The second-order valence-electron chi connectivity index (χ2n) is 7.25. The molecule has 28 heavy (non-hydrogen) atoms. The van der Waals surface area contributed by atoms with Gasteiger partial charge in [0.25, 0.3) is 5.91 Å². The zero-order valence-corrected chi connectivity index (χ0v) is 16.4. The molecule has 1 amide bonds. The molecule has 0 spiro atoms. The molecule has 0 radical (unpaired) electrons. The van der Waals surface area contributed by atoms with Crippen molar-refractivity contribution in [3.8, 4) is 11.5 Å². The van der Waals surface area contributed by atoms with E-state index in [-0.39, 0.29) is 17.8 Å². The maximum Gasteiger partial charge on any atom is 0.251 e. The van der Waals surface area contributed by atoms with Crippen LogP contribution in [0.2, 0.25) is 0 Å². The summed E-state index contributed by atoms with van der Waals surface area (Å²) in [5.74, 6) is 1.16. The molecule has 1 unspecified atom stereocenters. The van der Waals surface area contributed by atoms with Gasteiger partial charge in [0.1, 0.15) is 17.3 Å². The molecule has 6 heteroatoms. The first kappa shape index (κ1) is 20.3. The van der Waals surface area contributed by atoms with Crippen LogP contribution in [0, 0.1) is 11.7 Å². The lowest BCUT2D eigenvalue weighted by atomic mass is 10.0. The number of halogens is 1. The van der Waals surface area contributed by atoms with Crippen molar-refractivity contribution in [1.82, 2.24) is 10.2 Å². The Morgan fingerprint density at radius 3 is 2.21 bits per heavy atom. The van der Waals surface area contributed by atoms with E-state index in [0.29, 0.717) is 29.5 Å². The van der Waals surface area contributed by atoms with Crippen LogP contribution in [0.4, 0.5) is 4.39 Å². The zero-order valence-electron chi connectivity index (χ0n) is 16.4. The minimum Gasteiger partial charge on any atom is -0.457 e. The number of nitrogens with zero attached hydrogens (tertiary/aromatic N) is 1. The largest absolute Gasteiger partial charge is 0.457 e. The van der Waals surface area contributed by atoms with Gasteiger partial charge in [-0.25, -0.2) is 4.39 Å². The van der Waals surface area contributed by atoms with Crippen molar-refractivity contribution in [3.05, 3.63) is 59.9 Å². The van der Waals surface area contributed by atoms with E-state index in [1.165, 1.54) is 12.1 Å². The molecule has 1 heterocycles. The van der Waals surface area contributed by atoms with Crippen molar-refractivity contribution in [2.75, 3.05) is 32.8 Å². The summed E-state index contributed by atoms with van der Waals surface area (Å²) >= 11 is 0. The molecular weight excluding hydrogens is 359 g/mol. The van der Waals surface area contributed by atoms with Crippen molar-refractivity contribution in [2.24, 2.45) is 5.92 Å². The summed E-state index contributed by atoms with van der Waals surface area (Å²) in [4.78, 5) is 14.9. The lowest BCUT2D eigenvalue weighted by molar-refractivity contribution is 0.00673. The average molecular weight is 386 g/mol. The summed E-state index contributed by atoms with van der Waals surface area (Å²) in [6.45, 7) is 8.23. The first-order valence-electron chi connectivity index (χ1n) is 9.66. The van der Waals surface area contributed by atoms with E-state index < -0.39 is 0 Å². The molecule has 0 bridgehead atoms. The Morgan fingerprint density at radius 2 is 1.64 bits per heavy atom. The second-order valence-corrected chi connectivity index (χ2v) is 7.25. The molecule has 5 nitrogen and oxygen atoms in total. The number of hydrogen-bond acceptors (Lipinski definition) is 4. The summed E-state index contributed by atoms with van der Waals surface area (Å²) in [7, 11) is 0. The van der Waals surface area contributed by atoms with Gasteiger partial charge in [0.15, 0.2) is 0 Å². The highest BCUT2D eigenvalue weighted by molar-refractivity contribution is 5.94. The summed E-state index contributed by atoms with van der Waals surface area (Å²) in [6, 6.07) is 13.0. The van der Waals surface area contributed by atoms with Gasteiger partial charge in [0.2, 0.25) is 0 Å². The molecule has 2 aromatic rings. The van der Waals surface area contributed by atoms with Crippen LogP contribution in [-0.4, -0.2) is 49.7 Å². The van der Waals surface area contributed by atoms with Crippen LogP contribution in [0.5, 0.6) is 11.5 Å². The molecule has 2 aromatic carbocycles. The van der Waals surface area contributed by atoms with Gasteiger partial charge in [-0.1, -0.05) is 13.8 Å². The Balaban J connectivity index is 1.55. The summed E-state index contributed by atoms with van der Waals surface area (Å²) in [6.07, 6.45) is 0. The number of nitrogens with one attached hydrogen (secondary N) is 1. The van der Waals surface area contributed by atoms with Crippen LogP contribution < -0.4 is 10.1 Å². The number of ether oxygens (including phenoxy) is 2. The van der Waals surface area contributed by atoms with Gasteiger partial charge < -0.3 is 14.8 Å². The normalized spacial score (nSPS) is 16.0. The van der Waals surface area contributed by atoms with Crippen molar-refractivity contribution < 1.29 is 18.7 Å². The quantitative estimate of drug-likeness (QED) is 0.788. The lowest BCUT2D eigenvalue weighted by Gasteiger charge is -2.36. The third-order valence-electron chi connectivity index (χ3n) is 4.92. The van der Waals surface area contributed by atoms with Gasteiger partial charge >= 0.3 is 0 Å². The SMILES string of the molecule is CC(C)C(CNC(=O)c1ccc(Oc2ccc(F)cc2)cc1)N1CCOCC1. The molecule has 0 saturated carbocycles. The molecule has 1 N–H and O–H groups in total. The fourth-order valence-electron chi connectivity index (χ4n) is 3.31. The Kier molecular flexibility index (Phi) is 7.01. The van der Waals surface area contributed by atoms with Crippen LogP contribution >= 0.6 is 0 Å². The van der Waals surface area contributed by atoms with Crippen LogP contribution in [0.15, 0.2) is 48.5 Å². The average Bonchev–Trinajstić information content (AvgIpc) is 2.71. The van der Waals surface area contributed by atoms with Gasteiger partial charge in [-0.3, -0.25) is 9.69 Å². The number of carbonyl (C=O) groups is 1. The molecule has 1 saturated heterocycles. The van der Waals surface area contributed by atoms with Gasteiger partial charge in [0.05, 0.1) is 13.2 Å². The fourth-order valence-corrected chi connectivity index (χ4v) is 3.31. The van der Waals surface area contributed by atoms with E-state index in [0.717, 1.165) is 26.3 Å². The number of morpholine rings is 1. The molecule has 0 aromatic heterocycles. The molecule has 1 aliphatic rings. The van der Waals surface area contributed by atoms with E-state index in [1.807, 2.05) is 0 Å². The Morgan fingerprint density at radius 1 is 1.07 bits per heavy atom. The van der Waals surface area contributed by atoms with Crippen molar-refractivity contribution in [2.45, 2.75) is 19.9 Å². The third-order valence-corrected chi connectivity index (χ3v) is 4.92. The minimum atomic E-state index is -0.309. The monoisotopic (exact) mass is 386 g/mol. The van der Waals surface area contributed by atoms with Crippen LogP contribution in [0.25, 0.3) is 0 Å². The van der Waals surface area contributed by atoms with Crippen molar-refractivity contribution in [3.63, 3.8) is 0 Å². The van der Waals surface area contributed by atoms with E-state index >= 15 is 0 Å². The zero-order chi connectivity index (χ0) is 19.9. The van der Waals surface area contributed by atoms with Gasteiger partial charge in [-0.05, 0) is 54.4 Å². The van der Waals surface area contributed by atoms with Crippen molar-refractivity contribution >= 4 is 5.91 Å². The predicted octanol–water partition coefficient (Wildman–Crippen LogP) is 3.70. The lowest BCUT2D eigenvalue weighted by Crippen LogP contribution is -2.51. The van der Waals surface area contributed by atoms with E-state index in [2.05, 4.69) is 24.1 Å². The molecule has 1 atom stereocenters. The predicted molar refractivity (Wildman–Crippen MR) is 106 cm³/mol. The standard InChI is InChI=1S/C22H27FN2O3/c1-16(2)21(25-11-13-27-14-12-25)15-24-22(26)17-3-7-19(8-4-17)28-20-9-5-18(23)6-10-20/h3-10,16,21H,11-15H2,1-2H3,(H,24,26). The minimum absolute atomic E-state index is 0.104. The Labute approximate surface area is 165 Å². The van der Waals surface area contributed by atoms with Crippen molar-refractivity contribution in [1.29, 1.82) is 0 Å². The molecule has 1 fully saturated rings. The first-order valence-corrected chi connectivity index (χ1v) is 9.66. The first-order chi connectivity index (χ1) is 13.5. The maximum absolute atomic E-state index is 13.0. The van der Waals surface area contributed by atoms with E-state index in [4.69, 9.17) is 9.47 Å². The second kappa shape index (κ2) is 9.66. The highest BCUT2D eigenvalue weighted by atomic mass is 19.1. The van der Waals surface area contributed by atoms with Gasteiger partial charge in [-0.2, -0.15) is 0 Å². The van der Waals surface area contributed by atoms with Gasteiger partial charge in [0, 0.05) is 31.2 Å². The fraction of sp³-hybridized carbons (Fsp3) is 0.409. The highest BCUT2D eigenvalue weighted by Gasteiger charge is 2.24. The number of amides is 1. The number of carbonyl (C=O) groups excluding carboxylic acids is 1. The number of benzene rings is 2. The molecule has 0 aliphatic carbocycles. The number of hydrogen-bond donors (Lipinski definition) is 1. The third kappa shape index (κ3) is 5.53. The summed E-state index contributed by atoms with van der Waals surface area (Å²) in [5.41, 5.74) is 0.580. The highest BCUT2D eigenvalue weighted by Crippen LogP contribution is 2.22. The summed E-state index contributed by atoms with van der Waals surface area (Å²) < 4.78 is 24.0. The number of rotatable bonds is 7. The molecule has 1 aliphatic heterocycles. The van der Waals surface area contributed by atoms with E-state index in [9.17, 15) is 9.18 Å². The smallest absolute Gasteiger partial charge is 0.251 e. The molecule has 3 rings (SSSR count). The topological polar surface area (TPSA) is 50.8 Å². The molecule has 150 valence electrons. The Bertz CT molecular complexity index is 756. The van der Waals surface area contributed by atoms with Crippen LogP contribution in [0.3, 0.4) is 0 Å². The van der Waals surface area contributed by atoms with Crippen LogP contribution in [-0.2, 0) is 4.74 Å².